The molecule has 0 aliphatic heterocycles. The number of hydrogen-bond acceptors (Lipinski definition) is 2. The van der Waals surface area contributed by atoms with E-state index < -0.39 is 0 Å². The molecule has 1 heterocycles. The van der Waals surface area contributed by atoms with Crippen LogP contribution in [-0.4, -0.2) is 9.97 Å². The zero-order chi connectivity index (χ0) is 9.42. The van der Waals surface area contributed by atoms with Crippen LogP contribution >= 0.6 is 15.9 Å². The summed E-state index contributed by atoms with van der Waals surface area (Å²) >= 11 is 3.29. The van der Waals surface area contributed by atoms with Crippen LogP contribution in [0.25, 0.3) is 10.9 Å². The summed E-state index contributed by atoms with van der Waals surface area (Å²) in [6, 6.07) is 6.20. The van der Waals surface area contributed by atoms with Gasteiger partial charge in [0.15, 0.2) is 4.73 Å². The summed E-state index contributed by atoms with van der Waals surface area (Å²) in [5.41, 5.74) is 3.23. The summed E-state index contributed by atoms with van der Waals surface area (Å²) in [4.78, 5) is 8.54. The molecule has 0 aliphatic rings. The van der Waals surface area contributed by atoms with Gasteiger partial charge in [-0.3, -0.25) is 0 Å². The van der Waals surface area contributed by atoms with E-state index in [1.165, 1.54) is 5.56 Å². The Kier molecular flexibility index (Phi) is 2.04. The molecular formula is C10H9BrN2. The lowest BCUT2D eigenvalue weighted by molar-refractivity contribution is 1.10. The first-order valence-electron chi connectivity index (χ1n) is 4.07. The average molecular weight is 237 g/mol. The maximum absolute atomic E-state index is 4.30. The van der Waals surface area contributed by atoms with Crippen molar-refractivity contribution in [1.29, 1.82) is 0 Å². The van der Waals surface area contributed by atoms with Crippen molar-refractivity contribution in [2.45, 2.75) is 13.8 Å². The van der Waals surface area contributed by atoms with Gasteiger partial charge in [0.05, 0.1) is 5.52 Å². The first-order chi connectivity index (χ1) is 6.16. The smallest absolute Gasteiger partial charge is 0.197 e. The van der Waals surface area contributed by atoms with Crippen LogP contribution in [0, 0.1) is 13.8 Å². The molecule has 2 rings (SSSR count). The van der Waals surface area contributed by atoms with Crippen LogP contribution in [0.2, 0.25) is 0 Å². The minimum absolute atomic E-state index is 0.656. The van der Waals surface area contributed by atoms with Crippen molar-refractivity contribution in [1.82, 2.24) is 9.97 Å². The van der Waals surface area contributed by atoms with Gasteiger partial charge in [-0.1, -0.05) is 12.1 Å². The zero-order valence-corrected chi connectivity index (χ0v) is 9.09. The Labute approximate surface area is 85.1 Å². The van der Waals surface area contributed by atoms with E-state index in [9.17, 15) is 0 Å². The summed E-state index contributed by atoms with van der Waals surface area (Å²) in [5.74, 6) is 0. The third-order valence-electron chi connectivity index (χ3n) is 2.02. The van der Waals surface area contributed by atoms with Crippen LogP contribution < -0.4 is 0 Å². The molecule has 2 aromatic rings. The van der Waals surface area contributed by atoms with Gasteiger partial charge in [0.1, 0.15) is 0 Å². The molecule has 0 bridgehead atoms. The van der Waals surface area contributed by atoms with E-state index in [-0.39, 0.29) is 0 Å². The Hall–Kier alpha value is -0.960. The van der Waals surface area contributed by atoms with Gasteiger partial charge in [0, 0.05) is 11.1 Å². The largest absolute Gasteiger partial charge is 0.227 e. The molecule has 0 atom stereocenters. The lowest BCUT2D eigenvalue weighted by atomic mass is 10.1. The molecule has 0 radical (unpaired) electrons. The number of benzene rings is 1. The predicted molar refractivity (Wildman–Crippen MR) is 56.7 cm³/mol. The number of nitrogens with zero attached hydrogens (tertiary/aromatic N) is 2. The van der Waals surface area contributed by atoms with Crippen molar-refractivity contribution in [3.8, 4) is 0 Å². The average Bonchev–Trinajstić information content (AvgIpc) is 2.02. The summed E-state index contributed by atoms with van der Waals surface area (Å²) < 4.78 is 0.656. The molecular weight excluding hydrogens is 228 g/mol. The number of halogens is 1. The van der Waals surface area contributed by atoms with Crippen LogP contribution in [0.15, 0.2) is 22.9 Å². The predicted octanol–water partition coefficient (Wildman–Crippen LogP) is 3.01. The molecule has 0 unspecified atom stereocenters. The fourth-order valence-corrected chi connectivity index (χ4v) is 1.82. The molecule has 66 valence electrons. The summed E-state index contributed by atoms with van der Waals surface area (Å²) in [5, 5.41) is 1.12. The molecule has 0 saturated heterocycles. The topological polar surface area (TPSA) is 25.8 Å². The second-order valence-electron chi connectivity index (χ2n) is 3.10. The lowest BCUT2D eigenvalue weighted by Crippen LogP contribution is -1.90. The highest BCUT2D eigenvalue weighted by Crippen LogP contribution is 2.18. The maximum Gasteiger partial charge on any atom is 0.197 e. The Morgan fingerprint density at radius 1 is 1.15 bits per heavy atom. The van der Waals surface area contributed by atoms with E-state index >= 15 is 0 Å². The SMILES string of the molecule is Cc1ccc2c(C)nc(Br)nc2c1. The Morgan fingerprint density at radius 3 is 2.69 bits per heavy atom. The van der Waals surface area contributed by atoms with Gasteiger partial charge in [-0.15, -0.1) is 0 Å². The molecule has 0 amide bonds. The Morgan fingerprint density at radius 2 is 1.92 bits per heavy atom. The highest BCUT2D eigenvalue weighted by Gasteiger charge is 2.01. The second kappa shape index (κ2) is 3.07. The van der Waals surface area contributed by atoms with Gasteiger partial charge in [-0.25, -0.2) is 9.97 Å². The van der Waals surface area contributed by atoms with Crippen LogP contribution in [0.1, 0.15) is 11.3 Å². The molecule has 0 aliphatic carbocycles. The molecule has 1 aromatic carbocycles. The van der Waals surface area contributed by atoms with E-state index in [4.69, 9.17) is 0 Å². The number of hydrogen-bond donors (Lipinski definition) is 0. The first kappa shape index (κ1) is 8.63. The monoisotopic (exact) mass is 236 g/mol. The van der Waals surface area contributed by atoms with Gasteiger partial charge in [-0.05, 0) is 41.4 Å². The summed E-state index contributed by atoms with van der Waals surface area (Å²) in [6.45, 7) is 4.05. The van der Waals surface area contributed by atoms with E-state index in [2.05, 4.69) is 51.0 Å². The molecule has 0 N–H and O–H groups in total. The highest BCUT2D eigenvalue weighted by atomic mass is 79.9. The zero-order valence-electron chi connectivity index (χ0n) is 7.50. The minimum Gasteiger partial charge on any atom is -0.227 e. The summed E-state index contributed by atoms with van der Waals surface area (Å²) in [7, 11) is 0. The van der Waals surface area contributed by atoms with E-state index in [1.54, 1.807) is 0 Å². The van der Waals surface area contributed by atoms with E-state index in [0.29, 0.717) is 4.73 Å². The van der Waals surface area contributed by atoms with Gasteiger partial charge in [0.2, 0.25) is 0 Å². The number of aromatic nitrogens is 2. The Bertz CT molecular complexity index is 460. The molecule has 1 aromatic heterocycles. The van der Waals surface area contributed by atoms with Crippen molar-refractivity contribution in [2.24, 2.45) is 0 Å². The number of fused-ring (bicyclic) bond motifs is 1. The maximum atomic E-state index is 4.30. The van der Waals surface area contributed by atoms with Crippen molar-refractivity contribution in [2.75, 3.05) is 0 Å². The lowest BCUT2D eigenvalue weighted by Gasteiger charge is -2.02. The quantitative estimate of drug-likeness (QED) is 0.658. The third kappa shape index (κ3) is 1.56. The molecule has 3 heteroatoms. The highest BCUT2D eigenvalue weighted by molar-refractivity contribution is 9.10. The van der Waals surface area contributed by atoms with Crippen molar-refractivity contribution >= 4 is 26.8 Å². The third-order valence-corrected chi connectivity index (χ3v) is 2.37. The van der Waals surface area contributed by atoms with Gasteiger partial charge >= 0.3 is 0 Å². The molecule has 0 saturated carbocycles. The molecule has 13 heavy (non-hydrogen) atoms. The van der Waals surface area contributed by atoms with Crippen molar-refractivity contribution in [3.05, 3.63) is 34.2 Å². The molecule has 0 fully saturated rings. The van der Waals surface area contributed by atoms with E-state index in [1.807, 2.05) is 6.92 Å². The fraction of sp³-hybridized carbons (Fsp3) is 0.200. The van der Waals surface area contributed by atoms with Crippen LogP contribution in [0.5, 0.6) is 0 Å². The number of rotatable bonds is 0. The van der Waals surface area contributed by atoms with Gasteiger partial charge in [0.25, 0.3) is 0 Å². The number of aryl methyl sites for hydroxylation is 2. The summed E-state index contributed by atoms with van der Waals surface area (Å²) in [6.07, 6.45) is 0. The molecule has 0 spiro atoms. The second-order valence-corrected chi connectivity index (χ2v) is 3.81. The van der Waals surface area contributed by atoms with Gasteiger partial charge < -0.3 is 0 Å². The Balaban J connectivity index is 2.86. The minimum atomic E-state index is 0.656. The normalized spacial score (nSPS) is 10.7. The van der Waals surface area contributed by atoms with Crippen molar-refractivity contribution < 1.29 is 0 Å². The van der Waals surface area contributed by atoms with Crippen LogP contribution in [-0.2, 0) is 0 Å². The van der Waals surface area contributed by atoms with Crippen LogP contribution in [0.4, 0.5) is 0 Å². The van der Waals surface area contributed by atoms with Gasteiger partial charge in [-0.2, -0.15) is 0 Å². The fourth-order valence-electron chi connectivity index (χ4n) is 1.36. The van der Waals surface area contributed by atoms with E-state index in [0.717, 1.165) is 16.6 Å². The molecule has 2 nitrogen and oxygen atoms in total. The standard InChI is InChI=1S/C10H9BrN2/c1-6-3-4-8-7(2)12-10(11)13-9(8)5-6/h3-5H,1-2H3. The first-order valence-corrected chi connectivity index (χ1v) is 4.86. The van der Waals surface area contributed by atoms with Crippen molar-refractivity contribution in [3.63, 3.8) is 0 Å². The van der Waals surface area contributed by atoms with Crippen LogP contribution in [0.3, 0.4) is 0 Å².